The van der Waals surface area contributed by atoms with Gasteiger partial charge in [-0.25, -0.2) is 0 Å². The Bertz CT molecular complexity index is 1310. The molecule has 0 bridgehead atoms. The molecule has 0 aliphatic rings. The van der Waals surface area contributed by atoms with Gasteiger partial charge in [-0.05, 0) is 58.4 Å². The third-order valence-corrected chi connectivity index (χ3v) is 6.40. The summed E-state index contributed by atoms with van der Waals surface area (Å²) in [5.41, 5.74) is 2.52. The first-order chi connectivity index (χ1) is 16.4. The monoisotopic (exact) mass is 559 g/mol. The van der Waals surface area contributed by atoms with E-state index in [1.54, 1.807) is 60.6 Å². The first-order valence-corrected chi connectivity index (χ1v) is 11.8. The predicted octanol–water partition coefficient (Wildman–Crippen LogP) is 6.84. The molecule has 0 saturated carbocycles. The summed E-state index contributed by atoms with van der Waals surface area (Å²) < 4.78 is 13.8. The number of ether oxygens (including phenoxy) is 2. The van der Waals surface area contributed by atoms with Gasteiger partial charge in [0, 0.05) is 32.9 Å². The van der Waals surface area contributed by atoms with Crippen LogP contribution < -0.4 is 14.8 Å². The molecular formula is C25H20BrCl2N3O3. The molecule has 0 aliphatic carbocycles. The molecule has 6 nitrogen and oxygen atoms in total. The first kappa shape index (κ1) is 24.1. The Morgan fingerprint density at radius 3 is 2.56 bits per heavy atom. The summed E-state index contributed by atoms with van der Waals surface area (Å²) >= 11 is 16.0. The number of amides is 1. The van der Waals surface area contributed by atoms with E-state index < -0.39 is 0 Å². The number of carbonyl (C=O) groups excluding carboxylic acids is 1. The number of nitrogens with zero attached hydrogens (tertiary/aromatic N) is 2. The molecule has 0 saturated heterocycles. The summed E-state index contributed by atoms with van der Waals surface area (Å²) in [6.07, 6.45) is 3.29. The number of benzene rings is 3. The predicted molar refractivity (Wildman–Crippen MR) is 137 cm³/mol. The molecule has 3 aromatic carbocycles. The molecule has 0 radical (unpaired) electrons. The standard InChI is InChI=1S/C25H20BrCl2N3O3/c1-33-23-10-9-16(11-17(23)15-34-24-8-3-2-5-20(24)26)25(32)30-18-12-29-31(13-18)14-19-21(27)6-4-7-22(19)28/h2-13H,14-15H2,1H3,(H,30,32). The number of nitrogens with one attached hydrogen (secondary N) is 1. The van der Waals surface area contributed by atoms with Gasteiger partial charge in [-0.15, -0.1) is 0 Å². The highest BCUT2D eigenvalue weighted by Crippen LogP contribution is 2.28. The van der Waals surface area contributed by atoms with Crippen LogP contribution >= 0.6 is 39.1 Å². The zero-order chi connectivity index (χ0) is 24.1. The van der Waals surface area contributed by atoms with E-state index in [4.69, 9.17) is 32.7 Å². The highest BCUT2D eigenvalue weighted by Gasteiger charge is 2.14. The molecule has 0 fully saturated rings. The minimum Gasteiger partial charge on any atom is -0.496 e. The van der Waals surface area contributed by atoms with Crippen LogP contribution in [0.25, 0.3) is 0 Å². The van der Waals surface area contributed by atoms with E-state index in [2.05, 4.69) is 26.3 Å². The van der Waals surface area contributed by atoms with Gasteiger partial charge in [0.2, 0.25) is 0 Å². The van der Waals surface area contributed by atoms with E-state index >= 15 is 0 Å². The number of anilines is 1. The van der Waals surface area contributed by atoms with Crippen molar-refractivity contribution in [1.82, 2.24) is 9.78 Å². The van der Waals surface area contributed by atoms with Crippen LogP contribution in [0.2, 0.25) is 10.0 Å². The fraction of sp³-hybridized carbons (Fsp3) is 0.120. The summed E-state index contributed by atoms with van der Waals surface area (Å²) in [7, 11) is 1.58. The molecule has 34 heavy (non-hydrogen) atoms. The Hall–Kier alpha value is -3.00. The number of aromatic nitrogens is 2. The highest BCUT2D eigenvalue weighted by atomic mass is 79.9. The molecular weight excluding hydrogens is 541 g/mol. The smallest absolute Gasteiger partial charge is 0.255 e. The second-order valence-corrected chi connectivity index (χ2v) is 9.00. The van der Waals surface area contributed by atoms with E-state index in [1.807, 2.05) is 24.3 Å². The van der Waals surface area contributed by atoms with E-state index in [0.717, 1.165) is 15.6 Å². The van der Waals surface area contributed by atoms with Gasteiger partial charge in [0.05, 0.1) is 30.0 Å². The van der Waals surface area contributed by atoms with Gasteiger partial charge >= 0.3 is 0 Å². The van der Waals surface area contributed by atoms with Crippen LogP contribution in [0.3, 0.4) is 0 Å². The van der Waals surface area contributed by atoms with Crippen LogP contribution in [0.15, 0.2) is 77.5 Å². The van der Waals surface area contributed by atoms with Crippen molar-refractivity contribution in [1.29, 1.82) is 0 Å². The Balaban J connectivity index is 1.46. The van der Waals surface area contributed by atoms with Crippen LogP contribution in [-0.2, 0) is 13.2 Å². The number of para-hydroxylation sites is 1. The molecule has 4 rings (SSSR count). The molecule has 9 heteroatoms. The lowest BCUT2D eigenvalue weighted by Crippen LogP contribution is -2.12. The van der Waals surface area contributed by atoms with Crippen LogP contribution in [0.4, 0.5) is 5.69 Å². The Morgan fingerprint density at radius 2 is 1.82 bits per heavy atom. The number of hydrogen-bond acceptors (Lipinski definition) is 4. The average Bonchev–Trinajstić information content (AvgIpc) is 3.27. The van der Waals surface area contributed by atoms with Gasteiger partial charge < -0.3 is 14.8 Å². The Kier molecular flexibility index (Phi) is 7.77. The highest BCUT2D eigenvalue weighted by molar-refractivity contribution is 9.10. The van der Waals surface area contributed by atoms with Crippen LogP contribution in [0.5, 0.6) is 11.5 Å². The van der Waals surface area contributed by atoms with E-state index in [9.17, 15) is 4.79 Å². The van der Waals surface area contributed by atoms with Gasteiger partial charge in [-0.2, -0.15) is 5.10 Å². The van der Waals surface area contributed by atoms with Gasteiger partial charge in [0.25, 0.3) is 5.91 Å². The van der Waals surface area contributed by atoms with Crippen molar-refractivity contribution in [3.63, 3.8) is 0 Å². The van der Waals surface area contributed by atoms with Crippen LogP contribution in [0, 0.1) is 0 Å². The molecule has 4 aromatic rings. The molecule has 1 heterocycles. The molecule has 1 aromatic heterocycles. The average molecular weight is 561 g/mol. The van der Waals surface area contributed by atoms with Crippen LogP contribution in [0.1, 0.15) is 21.5 Å². The Labute approximate surface area is 215 Å². The van der Waals surface area contributed by atoms with Crippen molar-refractivity contribution in [3.8, 4) is 11.5 Å². The minimum absolute atomic E-state index is 0.240. The lowest BCUT2D eigenvalue weighted by molar-refractivity contribution is 0.102. The van der Waals surface area contributed by atoms with E-state index in [1.165, 1.54) is 0 Å². The molecule has 0 unspecified atom stereocenters. The maximum Gasteiger partial charge on any atom is 0.255 e. The number of halogens is 3. The number of rotatable bonds is 8. The molecule has 0 atom stereocenters. The van der Waals surface area contributed by atoms with Crippen LogP contribution in [-0.4, -0.2) is 22.8 Å². The summed E-state index contributed by atoms with van der Waals surface area (Å²) in [6, 6.07) is 18.1. The molecule has 0 aliphatic heterocycles. The summed E-state index contributed by atoms with van der Waals surface area (Å²) in [5.74, 6) is 1.05. The third-order valence-electron chi connectivity index (χ3n) is 5.04. The van der Waals surface area contributed by atoms with Gasteiger partial charge in [-0.1, -0.05) is 41.4 Å². The number of methoxy groups -OCH3 is 1. The quantitative estimate of drug-likeness (QED) is 0.256. The maximum absolute atomic E-state index is 12.9. The van der Waals surface area contributed by atoms with Crippen molar-refractivity contribution < 1.29 is 14.3 Å². The molecule has 1 N–H and O–H groups in total. The van der Waals surface area contributed by atoms with Gasteiger partial charge in [0.15, 0.2) is 0 Å². The Morgan fingerprint density at radius 1 is 1.06 bits per heavy atom. The van der Waals surface area contributed by atoms with Crippen molar-refractivity contribution in [2.45, 2.75) is 13.2 Å². The van der Waals surface area contributed by atoms with E-state index in [-0.39, 0.29) is 12.5 Å². The lowest BCUT2D eigenvalue weighted by Gasteiger charge is -2.13. The number of hydrogen-bond donors (Lipinski definition) is 1. The SMILES string of the molecule is COc1ccc(C(=O)Nc2cnn(Cc3c(Cl)cccc3Cl)c2)cc1COc1ccccc1Br. The summed E-state index contributed by atoms with van der Waals surface area (Å²) in [5, 5.41) is 8.28. The maximum atomic E-state index is 12.9. The number of carbonyl (C=O) groups is 1. The first-order valence-electron chi connectivity index (χ1n) is 10.3. The zero-order valence-electron chi connectivity index (χ0n) is 18.1. The normalized spacial score (nSPS) is 10.7. The lowest BCUT2D eigenvalue weighted by atomic mass is 10.1. The minimum atomic E-state index is -0.278. The second kappa shape index (κ2) is 11.0. The van der Waals surface area contributed by atoms with Gasteiger partial charge in [0.1, 0.15) is 18.1 Å². The zero-order valence-corrected chi connectivity index (χ0v) is 21.2. The summed E-state index contributed by atoms with van der Waals surface area (Å²) in [6.45, 7) is 0.622. The third kappa shape index (κ3) is 5.73. The van der Waals surface area contributed by atoms with Crippen molar-refractivity contribution in [2.24, 2.45) is 0 Å². The van der Waals surface area contributed by atoms with E-state index in [0.29, 0.717) is 39.3 Å². The topological polar surface area (TPSA) is 65.4 Å². The largest absolute Gasteiger partial charge is 0.496 e. The van der Waals surface area contributed by atoms with Crippen molar-refractivity contribution in [3.05, 3.63) is 104 Å². The molecule has 0 spiro atoms. The van der Waals surface area contributed by atoms with Crippen molar-refractivity contribution in [2.75, 3.05) is 12.4 Å². The van der Waals surface area contributed by atoms with Gasteiger partial charge in [-0.3, -0.25) is 9.48 Å². The second-order valence-electron chi connectivity index (χ2n) is 7.33. The fourth-order valence-corrected chi connectivity index (χ4v) is 4.23. The summed E-state index contributed by atoms with van der Waals surface area (Å²) in [4.78, 5) is 12.9. The fourth-order valence-electron chi connectivity index (χ4n) is 3.31. The van der Waals surface area contributed by atoms with Crippen molar-refractivity contribution >= 4 is 50.7 Å². The molecule has 174 valence electrons. The molecule has 1 amide bonds.